The first kappa shape index (κ1) is 13.2. The van der Waals surface area contributed by atoms with E-state index in [1.807, 2.05) is 0 Å². The predicted molar refractivity (Wildman–Crippen MR) is 79.6 cm³/mol. The van der Waals surface area contributed by atoms with E-state index in [4.69, 9.17) is 0 Å². The van der Waals surface area contributed by atoms with E-state index in [1.165, 1.54) is 30.0 Å². The number of hydrogen-bond donors (Lipinski definition) is 0. The molecular formula is C12H16Br2Si. The minimum Gasteiger partial charge on any atom is -0.109 e. The second kappa shape index (κ2) is 7.42. The number of benzene rings is 1. The van der Waals surface area contributed by atoms with E-state index in [1.54, 1.807) is 0 Å². The molecule has 0 aromatic heterocycles. The van der Waals surface area contributed by atoms with Crippen molar-refractivity contribution in [3.05, 3.63) is 35.9 Å². The number of allylic oxidation sites excluding steroid dienone is 1. The Kier molecular flexibility index (Phi) is 6.53. The van der Waals surface area contributed by atoms with Crippen molar-refractivity contribution >= 4 is 47.9 Å². The second-order valence-corrected chi connectivity index (χ2v) is 13.9. The summed E-state index contributed by atoms with van der Waals surface area (Å²) in [5, 5.41) is 1.42. The molecule has 0 unspecified atom stereocenters. The SMILES string of the molecule is CCCCC=Cc1ccccc1[SiH](Br)Br. The lowest BCUT2D eigenvalue weighted by Gasteiger charge is -2.05. The van der Waals surface area contributed by atoms with Crippen LogP contribution in [0.4, 0.5) is 0 Å². The van der Waals surface area contributed by atoms with Gasteiger partial charge in [0, 0.05) is 0 Å². The molecule has 0 bridgehead atoms. The van der Waals surface area contributed by atoms with Crippen LogP contribution < -0.4 is 5.19 Å². The minimum absolute atomic E-state index is 1.05. The van der Waals surface area contributed by atoms with Gasteiger partial charge in [-0.05, 0) is 17.2 Å². The van der Waals surface area contributed by atoms with Crippen LogP contribution in [-0.4, -0.2) is 6.04 Å². The zero-order valence-corrected chi connectivity index (χ0v) is 13.2. The van der Waals surface area contributed by atoms with Crippen molar-refractivity contribution < 1.29 is 0 Å². The fraction of sp³-hybridized carbons (Fsp3) is 0.333. The molecule has 0 heterocycles. The molecule has 0 aliphatic heterocycles. The highest BCUT2D eigenvalue weighted by Gasteiger charge is 2.07. The summed E-state index contributed by atoms with van der Waals surface area (Å²) in [4.78, 5) is 0. The largest absolute Gasteiger partial charge is 0.216 e. The van der Waals surface area contributed by atoms with Crippen molar-refractivity contribution in [3.8, 4) is 0 Å². The average Bonchev–Trinajstić information content (AvgIpc) is 2.25. The van der Waals surface area contributed by atoms with Crippen molar-refractivity contribution in [2.75, 3.05) is 0 Å². The molecule has 0 amide bonds. The van der Waals surface area contributed by atoms with Crippen molar-refractivity contribution in [3.63, 3.8) is 0 Å². The molecule has 0 saturated carbocycles. The lowest BCUT2D eigenvalue weighted by atomic mass is 10.1. The Labute approximate surface area is 110 Å². The van der Waals surface area contributed by atoms with Crippen LogP contribution in [0.15, 0.2) is 30.3 Å². The van der Waals surface area contributed by atoms with Gasteiger partial charge in [-0.25, -0.2) is 0 Å². The average molecular weight is 348 g/mol. The summed E-state index contributed by atoms with van der Waals surface area (Å²) in [5.74, 6) is 0. The summed E-state index contributed by atoms with van der Waals surface area (Å²) in [6, 6.07) is 7.52. The first-order valence-corrected chi connectivity index (χ1v) is 12.2. The molecule has 0 radical (unpaired) electrons. The van der Waals surface area contributed by atoms with Crippen LogP contribution in [0.1, 0.15) is 31.7 Å². The second-order valence-electron chi connectivity index (χ2n) is 3.47. The first-order chi connectivity index (χ1) is 7.25. The Bertz CT molecular complexity index is 321. The van der Waals surface area contributed by atoms with E-state index < -0.39 is 6.04 Å². The smallest absolute Gasteiger partial charge is 0.109 e. The summed E-state index contributed by atoms with van der Waals surface area (Å²) in [5.41, 5.74) is 1.35. The Balaban J connectivity index is 2.71. The fourth-order valence-electron chi connectivity index (χ4n) is 1.39. The zero-order chi connectivity index (χ0) is 11.1. The molecular weight excluding hydrogens is 332 g/mol. The van der Waals surface area contributed by atoms with Crippen LogP contribution in [0.2, 0.25) is 0 Å². The van der Waals surface area contributed by atoms with Crippen molar-refractivity contribution in [2.45, 2.75) is 26.2 Å². The summed E-state index contributed by atoms with van der Waals surface area (Å²) in [6.07, 6.45) is 8.25. The van der Waals surface area contributed by atoms with Gasteiger partial charge in [0.1, 0.15) is 0 Å². The summed E-state index contributed by atoms with van der Waals surface area (Å²) < 4.78 is 0. The third kappa shape index (κ3) is 4.66. The van der Waals surface area contributed by atoms with Gasteiger partial charge in [-0.15, -0.1) is 30.6 Å². The molecule has 0 aliphatic rings. The molecule has 82 valence electrons. The van der Waals surface area contributed by atoms with Crippen LogP contribution in [-0.2, 0) is 0 Å². The Hall–Kier alpha value is 0.137. The van der Waals surface area contributed by atoms with Gasteiger partial charge in [-0.2, -0.15) is 0 Å². The number of unbranched alkanes of at least 4 members (excludes halogenated alkanes) is 2. The quantitative estimate of drug-likeness (QED) is 0.427. The zero-order valence-electron chi connectivity index (χ0n) is 8.92. The van der Waals surface area contributed by atoms with Gasteiger partial charge in [0.25, 0.3) is 0 Å². The molecule has 0 fully saturated rings. The first-order valence-electron chi connectivity index (χ1n) is 5.29. The van der Waals surface area contributed by atoms with Crippen LogP contribution in [0.3, 0.4) is 0 Å². The monoisotopic (exact) mass is 346 g/mol. The fourth-order valence-corrected chi connectivity index (χ4v) is 4.60. The van der Waals surface area contributed by atoms with Gasteiger partial charge in [0.15, 0.2) is 0 Å². The van der Waals surface area contributed by atoms with Gasteiger partial charge in [-0.1, -0.05) is 56.2 Å². The Morgan fingerprint density at radius 3 is 2.67 bits per heavy atom. The normalized spacial score (nSPS) is 11.5. The summed E-state index contributed by atoms with van der Waals surface area (Å²) in [7, 11) is 0. The molecule has 0 aliphatic carbocycles. The van der Waals surface area contributed by atoms with Crippen LogP contribution in [0.5, 0.6) is 0 Å². The highest BCUT2D eigenvalue weighted by Crippen LogP contribution is 2.09. The van der Waals surface area contributed by atoms with Crippen molar-refractivity contribution in [2.24, 2.45) is 0 Å². The highest BCUT2D eigenvalue weighted by molar-refractivity contribution is 9.49. The van der Waals surface area contributed by atoms with E-state index >= 15 is 0 Å². The van der Waals surface area contributed by atoms with E-state index in [2.05, 4.69) is 73.9 Å². The number of halogens is 2. The molecule has 15 heavy (non-hydrogen) atoms. The van der Waals surface area contributed by atoms with Gasteiger partial charge in [-0.3, -0.25) is 0 Å². The molecule has 0 saturated heterocycles. The molecule has 0 spiro atoms. The molecule has 0 nitrogen and oxygen atoms in total. The third-order valence-corrected chi connectivity index (χ3v) is 6.21. The van der Waals surface area contributed by atoms with Crippen molar-refractivity contribution in [1.82, 2.24) is 0 Å². The predicted octanol–water partition coefficient (Wildman–Crippen LogP) is 4.11. The minimum atomic E-state index is -1.05. The number of rotatable bonds is 5. The standard InChI is InChI=1S/C12H16Br2Si/c1-2-3-4-5-8-11-9-6-7-10-12(11)15(13)14/h5-10,15H,2-4H2,1H3. The van der Waals surface area contributed by atoms with Crippen LogP contribution in [0.25, 0.3) is 6.08 Å². The van der Waals surface area contributed by atoms with Gasteiger partial charge in [0.2, 0.25) is 6.04 Å². The highest BCUT2D eigenvalue weighted by atomic mass is 79.9. The van der Waals surface area contributed by atoms with Gasteiger partial charge >= 0.3 is 0 Å². The van der Waals surface area contributed by atoms with E-state index in [-0.39, 0.29) is 0 Å². The Morgan fingerprint density at radius 1 is 1.27 bits per heavy atom. The van der Waals surface area contributed by atoms with Gasteiger partial charge in [0.05, 0.1) is 0 Å². The molecule has 1 aromatic carbocycles. The van der Waals surface area contributed by atoms with E-state index in [0.717, 1.165) is 0 Å². The van der Waals surface area contributed by atoms with Crippen molar-refractivity contribution in [1.29, 1.82) is 0 Å². The molecule has 1 aromatic rings. The maximum atomic E-state index is 3.68. The topological polar surface area (TPSA) is 0 Å². The number of hydrogen-bond acceptors (Lipinski definition) is 0. The van der Waals surface area contributed by atoms with E-state index in [0.29, 0.717) is 0 Å². The lowest BCUT2D eigenvalue weighted by Crippen LogP contribution is -2.19. The third-order valence-electron chi connectivity index (χ3n) is 2.25. The molecule has 0 atom stereocenters. The maximum absolute atomic E-state index is 3.68. The lowest BCUT2D eigenvalue weighted by molar-refractivity contribution is 0.816. The molecule has 0 N–H and O–H groups in total. The Morgan fingerprint density at radius 2 is 2.00 bits per heavy atom. The van der Waals surface area contributed by atoms with E-state index in [9.17, 15) is 0 Å². The van der Waals surface area contributed by atoms with Gasteiger partial charge < -0.3 is 0 Å². The molecule has 1 rings (SSSR count). The summed E-state index contributed by atoms with van der Waals surface area (Å²) >= 11 is 7.36. The summed E-state index contributed by atoms with van der Waals surface area (Å²) in [6.45, 7) is 2.22. The molecule has 3 heteroatoms. The van der Waals surface area contributed by atoms with Crippen LogP contribution in [0, 0.1) is 0 Å². The maximum Gasteiger partial charge on any atom is 0.216 e. The van der Waals surface area contributed by atoms with Crippen LogP contribution >= 0.6 is 30.6 Å².